The molecule has 0 saturated carbocycles. The smallest absolute Gasteiger partial charge is 0.275 e. The minimum absolute atomic E-state index is 0.0223. The molecule has 3 N–H and O–H groups in total. The van der Waals surface area contributed by atoms with E-state index in [4.69, 9.17) is 10.3 Å². The van der Waals surface area contributed by atoms with Crippen molar-refractivity contribution in [2.45, 2.75) is 6.42 Å². The van der Waals surface area contributed by atoms with Crippen molar-refractivity contribution in [3.63, 3.8) is 0 Å². The third-order valence-corrected chi connectivity index (χ3v) is 3.73. The Hall–Kier alpha value is -3.71. The largest absolute Gasteiger partial charge is 0.395 e. The first-order valence-electron chi connectivity index (χ1n) is 8.12. The van der Waals surface area contributed by atoms with Crippen LogP contribution in [0.5, 0.6) is 0 Å². The molecule has 2 aromatic heterocycles. The maximum atomic E-state index is 12.0. The van der Waals surface area contributed by atoms with Gasteiger partial charge in [-0.25, -0.2) is 10.5 Å². The molecular formula is C21H15N3O3. The number of amides is 1. The number of hydroxylamine groups is 1. The molecule has 1 aromatic carbocycles. The predicted molar refractivity (Wildman–Crippen MR) is 101 cm³/mol. The van der Waals surface area contributed by atoms with Gasteiger partial charge in [0, 0.05) is 35.3 Å². The Morgan fingerprint density at radius 3 is 2.70 bits per heavy atom. The number of benzene rings is 1. The summed E-state index contributed by atoms with van der Waals surface area (Å²) < 4.78 is 0. The van der Waals surface area contributed by atoms with Gasteiger partial charge in [-0.1, -0.05) is 24.0 Å². The minimum Gasteiger partial charge on any atom is -0.395 e. The van der Waals surface area contributed by atoms with Crippen LogP contribution in [0.1, 0.15) is 22.3 Å². The van der Waals surface area contributed by atoms with Crippen molar-refractivity contribution in [3.05, 3.63) is 59.9 Å². The zero-order valence-corrected chi connectivity index (χ0v) is 14.2. The van der Waals surface area contributed by atoms with Gasteiger partial charge >= 0.3 is 0 Å². The number of nitrogens with zero attached hydrogens (tertiary/aromatic N) is 2. The van der Waals surface area contributed by atoms with Crippen LogP contribution in [0.15, 0.2) is 48.8 Å². The summed E-state index contributed by atoms with van der Waals surface area (Å²) in [7, 11) is 0. The zero-order chi connectivity index (χ0) is 19.1. The molecule has 0 aliphatic heterocycles. The summed E-state index contributed by atoms with van der Waals surface area (Å²) in [5.74, 6) is 10.4. The monoisotopic (exact) mass is 357 g/mol. The molecule has 0 atom stereocenters. The van der Waals surface area contributed by atoms with E-state index in [0.29, 0.717) is 23.0 Å². The molecule has 0 fully saturated rings. The van der Waals surface area contributed by atoms with Crippen molar-refractivity contribution in [2.75, 3.05) is 6.61 Å². The van der Waals surface area contributed by atoms with Gasteiger partial charge in [0.1, 0.15) is 0 Å². The second kappa shape index (κ2) is 8.59. The summed E-state index contributed by atoms with van der Waals surface area (Å²) in [6.45, 7) is 0.0223. The highest BCUT2D eigenvalue weighted by Gasteiger charge is 2.13. The van der Waals surface area contributed by atoms with Gasteiger partial charge in [0.05, 0.1) is 23.4 Å². The average molecular weight is 357 g/mol. The SMILES string of the molecule is O=C(NO)c1cc(-c2ccc(C#CC#CCCO)cc2)nc2ccncc12. The van der Waals surface area contributed by atoms with Crippen LogP contribution in [0.25, 0.3) is 22.2 Å². The lowest BCUT2D eigenvalue weighted by molar-refractivity contribution is 0.0708. The number of aliphatic hydroxyl groups excluding tert-OH is 1. The first-order chi connectivity index (χ1) is 13.2. The second-order valence-electron chi connectivity index (χ2n) is 5.49. The standard InChI is InChI=1S/C21H15N3O3/c25-12-4-2-1-3-5-15-6-8-16(9-7-15)20-13-17(21(26)24-27)18-14-22-11-10-19(18)23-20/h6-11,13-14,25,27H,4,12H2,(H,24,26). The summed E-state index contributed by atoms with van der Waals surface area (Å²) in [5.41, 5.74) is 4.73. The number of pyridine rings is 2. The van der Waals surface area contributed by atoms with Crippen LogP contribution >= 0.6 is 0 Å². The molecule has 3 aromatic rings. The molecule has 2 heterocycles. The van der Waals surface area contributed by atoms with Crippen LogP contribution in [0.2, 0.25) is 0 Å². The number of aromatic nitrogens is 2. The van der Waals surface area contributed by atoms with Crippen LogP contribution in [0.4, 0.5) is 0 Å². The normalized spacial score (nSPS) is 9.70. The molecular weight excluding hydrogens is 342 g/mol. The molecule has 6 nitrogen and oxygen atoms in total. The van der Waals surface area contributed by atoms with E-state index in [1.54, 1.807) is 23.8 Å². The fourth-order valence-corrected chi connectivity index (χ4v) is 2.45. The first-order valence-corrected chi connectivity index (χ1v) is 8.12. The molecule has 27 heavy (non-hydrogen) atoms. The van der Waals surface area contributed by atoms with E-state index in [2.05, 4.69) is 33.6 Å². The Morgan fingerprint density at radius 2 is 1.96 bits per heavy atom. The van der Waals surface area contributed by atoms with E-state index in [9.17, 15) is 4.79 Å². The summed E-state index contributed by atoms with van der Waals surface area (Å²) in [6, 6.07) is 10.7. The first kappa shape index (κ1) is 18.1. The molecule has 0 unspecified atom stereocenters. The van der Waals surface area contributed by atoms with Crippen molar-refractivity contribution in [2.24, 2.45) is 0 Å². The number of carbonyl (C=O) groups excluding carboxylic acids is 1. The number of hydrogen-bond donors (Lipinski definition) is 3. The fraction of sp³-hybridized carbons (Fsp3) is 0.0952. The summed E-state index contributed by atoms with van der Waals surface area (Å²) in [6.07, 6.45) is 3.53. The lowest BCUT2D eigenvalue weighted by Crippen LogP contribution is -2.19. The number of aliphatic hydroxyl groups is 1. The van der Waals surface area contributed by atoms with Gasteiger partial charge in [-0.2, -0.15) is 0 Å². The summed E-state index contributed by atoms with van der Waals surface area (Å²) in [5, 5.41) is 18.2. The maximum Gasteiger partial charge on any atom is 0.275 e. The van der Waals surface area contributed by atoms with Crippen molar-refractivity contribution >= 4 is 16.8 Å². The summed E-state index contributed by atoms with van der Waals surface area (Å²) in [4.78, 5) is 20.6. The van der Waals surface area contributed by atoms with Gasteiger partial charge < -0.3 is 5.11 Å². The summed E-state index contributed by atoms with van der Waals surface area (Å²) >= 11 is 0. The molecule has 3 rings (SSSR count). The average Bonchev–Trinajstić information content (AvgIpc) is 2.72. The van der Waals surface area contributed by atoms with E-state index < -0.39 is 5.91 Å². The predicted octanol–water partition coefficient (Wildman–Crippen LogP) is 2.15. The van der Waals surface area contributed by atoms with Crippen LogP contribution in [0, 0.1) is 23.7 Å². The highest BCUT2D eigenvalue weighted by Crippen LogP contribution is 2.24. The van der Waals surface area contributed by atoms with Gasteiger partial charge in [0.25, 0.3) is 5.91 Å². The minimum atomic E-state index is -0.624. The molecule has 0 aliphatic carbocycles. The van der Waals surface area contributed by atoms with Crippen LogP contribution < -0.4 is 5.48 Å². The molecule has 0 bridgehead atoms. The third kappa shape index (κ3) is 4.28. The second-order valence-corrected chi connectivity index (χ2v) is 5.49. The number of fused-ring (bicyclic) bond motifs is 1. The van der Waals surface area contributed by atoms with Crippen molar-refractivity contribution < 1.29 is 15.1 Å². The maximum absolute atomic E-state index is 12.0. The molecule has 132 valence electrons. The van der Waals surface area contributed by atoms with E-state index in [1.807, 2.05) is 24.3 Å². The quantitative estimate of drug-likeness (QED) is 0.379. The Kier molecular flexibility index (Phi) is 5.76. The third-order valence-electron chi connectivity index (χ3n) is 3.73. The highest BCUT2D eigenvalue weighted by atomic mass is 16.5. The molecule has 0 radical (unpaired) electrons. The van der Waals surface area contributed by atoms with Gasteiger partial charge in [0.15, 0.2) is 0 Å². The van der Waals surface area contributed by atoms with Crippen molar-refractivity contribution in [1.29, 1.82) is 0 Å². The van der Waals surface area contributed by atoms with Gasteiger partial charge in [-0.15, -0.1) is 0 Å². The topological polar surface area (TPSA) is 95.3 Å². The van der Waals surface area contributed by atoms with Crippen molar-refractivity contribution in [1.82, 2.24) is 15.4 Å². The zero-order valence-electron chi connectivity index (χ0n) is 14.2. The lowest BCUT2D eigenvalue weighted by Gasteiger charge is -2.08. The Labute approximate surface area is 155 Å². The Balaban J connectivity index is 1.96. The van der Waals surface area contributed by atoms with E-state index in [-0.39, 0.29) is 12.2 Å². The number of nitrogens with one attached hydrogen (secondary N) is 1. The molecule has 0 spiro atoms. The van der Waals surface area contributed by atoms with Crippen molar-refractivity contribution in [3.8, 4) is 34.9 Å². The van der Waals surface area contributed by atoms with Crippen LogP contribution in [0.3, 0.4) is 0 Å². The van der Waals surface area contributed by atoms with E-state index in [0.717, 1.165) is 11.1 Å². The van der Waals surface area contributed by atoms with Gasteiger partial charge in [0.2, 0.25) is 0 Å². The molecule has 1 amide bonds. The van der Waals surface area contributed by atoms with Crippen LogP contribution in [-0.4, -0.2) is 32.8 Å². The van der Waals surface area contributed by atoms with E-state index in [1.165, 1.54) is 6.20 Å². The number of rotatable bonds is 3. The van der Waals surface area contributed by atoms with Gasteiger partial charge in [-0.05, 0) is 36.1 Å². The van der Waals surface area contributed by atoms with Gasteiger partial charge in [-0.3, -0.25) is 15.0 Å². The molecule has 6 heteroatoms. The molecule has 0 aliphatic rings. The van der Waals surface area contributed by atoms with E-state index >= 15 is 0 Å². The fourth-order valence-electron chi connectivity index (χ4n) is 2.45. The lowest BCUT2D eigenvalue weighted by atomic mass is 10.0. The van der Waals surface area contributed by atoms with Crippen LogP contribution in [-0.2, 0) is 0 Å². The Bertz CT molecular complexity index is 1100. The Morgan fingerprint density at radius 1 is 1.15 bits per heavy atom. The highest BCUT2D eigenvalue weighted by molar-refractivity contribution is 6.06. The number of hydrogen-bond acceptors (Lipinski definition) is 5. The molecule has 0 saturated heterocycles. The number of carbonyl (C=O) groups is 1.